The number of hydrogen-bond acceptors (Lipinski definition) is 5. The van der Waals surface area contributed by atoms with Gasteiger partial charge in [0.05, 0.1) is 17.1 Å². The number of nitro groups is 1. The fourth-order valence-corrected chi connectivity index (χ4v) is 2.08. The number of carbonyl (C=O) groups is 2. The Labute approximate surface area is 129 Å². The molecule has 0 aromatic heterocycles. The SMILES string of the molecule is CCOC(=O)CNC(=O)c1cc([N+](=O)[O-])cc(I)c1C. The normalized spacial score (nSPS) is 9.95. The lowest BCUT2D eigenvalue weighted by atomic mass is 10.1. The number of carbonyl (C=O) groups excluding carboxylic acids is 2. The van der Waals surface area contributed by atoms with Gasteiger partial charge in [-0.1, -0.05) is 0 Å². The van der Waals surface area contributed by atoms with Crippen molar-refractivity contribution < 1.29 is 19.2 Å². The quantitative estimate of drug-likeness (QED) is 0.357. The highest BCUT2D eigenvalue weighted by Gasteiger charge is 2.18. The minimum absolute atomic E-state index is 0.165. The van der Waals surface area contributed by atoms with Crippen molar-refractivity contribution >= 4 is 40.2 Å². The molecule has 0 aliphatic rings. The van der Waals surface area contributed by atoms with Gasteiger partial charge in [0, 0.05) is 15.7 Å². The molecule has 0 fully saturated rings. The Morgan fingerprint density at radius 1 is 1.45 bits per heavy atom. The van der Waals surface area contributed by atoms with Crippen LogP contribution in [-0.4, -0.2) is 30.0 Å². The van der Waals surface area contributed by atoms with Gasteiger partial charge in [0.15, 0.2) is 0 Å². The van der Waals surface area contributed by atoms with Gasteiger partial charge in [-0.05, 0) is 42.0 Å². The highest BCUT2D eigenvalue weighted by Crippen LogP contribution is 2.23. The zero-order valence-electron chi connectivity index (χ0n) is 10.9. The van der Waals surface area contributed by atoms with E-state index in [9.17, 15) is 19.7 Å². The van der Waals surface area contributed by atoms with E-state index in [4.69, 9.17) is 0 Å². The Morgan fingerprint density at radius 2 is 2.10 bits per heavy atom. The van der Waals surface area contributed by atoms with Crippen molar-refractivity contribution in [2.45, 2.75) is 13.8 Å². The number of halogens is 1. The zero-order chi connectivity index (χ0) is 15.3. The molecular formula is C12H13IN2O5. The fourth-order valence-electron chi connectivity index (χ4n) is 1.47. The molecule has 0 saturated heterocycles. The lowest BCUT2D eigenvalue weighted by molar-refractivity contribution is -0.385. The Morgan fingerprint density at radius 3 is 2.65 bits per heavy atom. The summed E-state index contributed by atoms with van der Waals surface area (Å²) in [5.74, 6) is -1.10. The summed E-state index contributed by atoms with van der Waals surface area (Å²) < 4.78 is 5.29. The van der Waals surface area contributed by atoms with Gasteiger partial charge in [0.2, 0.25) is 0 Å². The second-order valence-corrected chi connectivity index (χ2v) is 5.01. The minimum atomic E-state index is -0.566. The molecule has 108 valence electrons. The highest BCUT2D eigenvalue weighted by atomic mass is 127. The minimum Gasteiger partial charge on any atom is -0.465 e. The Balaban J connectivity index is 2.92. The monoisotopic (exact) mass is 392 g/mol. The van der Waals surface area contributed by atoms with Crippen LogP contribution in [0.3, 0.4) is 0 Å². The molecule has 0 atom stereocenters. The summed E-state index contributed by atoms with van der Waals surface area (Å²) in [6.07, 6.45) is 0. The molecule has 0 heterocycles. The predicted molar refractivity (Wildman–Crippen MR) is 79.5 cm³/mol. The summed E-state index contributed by atoms with van der Waals surface area (Å²) in [4.78, 5) is 33.3. The van der Waals surface area contributed by atoms with Crippen molar-refractivity contribution in [2.75, 3.05) is 13.2 Å². The maximum Gasteiger partial charge on any atom is 0.325 e. The third kappa shape index (κ3) is 4.15. The van der Waals surface area contributed by atoms with Crippen LogP contribution in [0.25, 0.3) is 0 Å². The molecule has 1 aromatic rings. The largest absolute Gasteiger partial charge is 0.465 e. The Hall–Kier alpha value is -1.71. The van der Waals surface area contributed by atoms with Crippen LogP contribution in [-0.2, 0) is 9.53 Å². The van der Waals surface area contributed by atoms with Gasteiger partial charge >= 0.3 is 5.97 Å². The van der Waals surface area contributed by atoms with Crippen molar-refractivity contribution in [3.05, 3.63) is 36.9 Å². The molecule has 0 aliphatic carbocycles. The number of nitro benzene ring substituents is 1. The first-order chi connectivity index (χ1) is 9.36. The summed E-state index contributed by atoms with van der Waals surface area (Å²) in [6, 6.07) is 2.58. The van der Waals surface area contributed by atoms with Crippen LogP contribution in [0, 0.1) is 20.6 Å². The van der Waals surface area contributed by atoms with E-state index < -0.39 is 16.8 Å². The molecule has 1 rings (SSSR count). The molecular weight excluding hydrogens is 379 g/mol. The van der Waals surface area contributed by atoms with Gasteiger partial charge in [-0.15, -0.1) is 0 Å². The van der Waals surface area contributed by atoms with E-state index in [0.717, 1.165) is 0 Å². The topological polar surface area (TPSA) is 98.5 Å². The van der Waals surface area contributed by atoms with Crippen LogP contribution in [0.2, 0.25) is 0 Å². The number of rotatable bonds is 5. The molecule has 0 aliphatic heterocycles. The van der Waals surface area contributed by atoms with Gasteiger partial charge < -0.3 is 10.1 Å². The first-order valence-electron chi connectivity index (χ1n) is 5.75. The standard InChI is InChI=1S/C12H13IN2O5/c1-3-20-11(16)6-14-12(17)9-4-8(15(18)19)5-10(13)7(9)2/h4-5H,3,6H2,1-2H3,(H,14,17). The molecule has 1 aromatic carbocycles. The number of amides is 1. The molecule has 8 heteroatoms. The van der Waals surface area contributed by atoms with Crippen molar-refractivity contribution in [2.24, 2.45) is 0 Å². The van der Waals surface area contributed by atoms with Crippen molar-refractivity contribution in [1.82, 2.24) is 5.32 Å². The van der Waals surface area contributed by atoms with Crippen LogP contribution < -0.4 is 5.32 Å². The number of non-ortho nitro benzene ring substituents is 1. The maximum atomic E-state index is 12.0. The summed E-state index contributed by atoms with van der Waals surface area (Å²) >= 11 is 1.92. The molecule has 20 heavy (non-hydrogen) atoms. The summed E-state index contributed by atoms with van der Waals surface area (Å²) in [6.45, 7) is 3.30. The average Bonchev–Trinajstić information content (AvgIpc) is 2.39. The van der Waals surface area contributed by atoms with Crippen LogP contribution in [0.1, 0.15) is 22.8 Å². The third-order valence-corrected chi connectivity index (χ3v) is 3.60. The van der Waals surface area contributed by atoms with Crippen molar-refractivity contribution in [1.29, 1.82) is 0 Å². The molecule has 1 N–H and O–H groups in total. The molecule has 0 saturated carbocycles. The Bertz CT molecular complexity index is 559. The maximum absolute atomic E-state index is 12.0. The smallest absolute Gasteiger partial charge is 0.325 e. The summed E-state index contributed by atoms with van der Waals surface area (Å²) in [7, 11) is 0. The van der Waals surface area contributed by atoms with Crippen LogP contribution in [0.15, 0.2) is 12.1 Å². The second kappa shape index (κ2) is 7.17. The van der Waals surface area contributed by atoms with Crippen LogP contribution >= 0.6 is 22.6 Å². The van der Waals surface area contributed by atoms with E-state index in [1.807, 2.05) is 22.6 Å². The number of nitrogens with zero attached hydrogens (tertiary/aromatic N) is 1. The average molecular weight is 392 g/mol. The molecule has 7 nitrogen and oxygen atoms in total. The number of ether oxygens (including phenoxy) is 1. The number of benzene rings is 1. The zero-order valence-corrected chi connectivity index (χ0v) is 13.1. The molecule has 0 radical (unpaired) electrons. The third-order valence-electron chi connectivity index (χ3n) is 2.48. The lowest BCUT2D eigenvalue weighted by Gasteiger charge is -2.08. The van der Waals surface area contributed by atoms with E-state index in [0.29, 0.717) is 9.13 Å². The van der Waals surface area contributed by atoms with Crippen molar-refractivity contribution in [3.8, 4) is 0 Å². The van der Waals surface area contributed by atoms with Crippen molar-refractivity contribution in [3.63, 3.8) is 0 Å². The van der Waals surface area contributed by atoms with Gasteiger partial charge in [-0.3, -0.25) is 19.7 Å². The molecule has 0 unspecified atom stereocenters. The Kier molecular flexibility index (Phi) is 5.86. The van der Waals surface area contributed by atoms with Crippen LogP contribution in [0.4, 0.5) is 5.69 Å². The predicted octanol–water partition coefficient (Wildman–Crippen LogP) is 1.80. The summed E-state index contributed by atoms with van der Waals surface area (Å²) in [5, 5.41) is 13.2. The number of nitrogens with one attached hydrogen (secondary N) is 1. The van der Waals surface area contributed by atoms with E-state index in [1.54, 1.807) is 13.8 Å². The summed E-state index contributed by atoms with van der Waals surface area (Å²) in [5.41, 5.74) is 0.631. The van der Waals surface area contributed by atoms with Gasteiger partial charge in [-0.2, -0.15) is 0 Å². The molecule has 0 spiro atoms. The van der Waals surface area contributed by atoms with E-state index in [2.05, 4.69) is 10.1 Å². The second-order valence-electron chi connectivity index (χ2n) is 3.84. The highest BCUT2D eigenvalue weighted by molar-refractivity contribution is 14.1. The first-order valence-corrected chi connectivity index (χ1v) is 6.83. The van der Waals surface area contributed by atoms with E-state index >= 15 is 0 Å². The number of esters is 1. The van der Waals surface area contributed by atoms with E-state index in [-0.39, 0.29) is 24.4 Å². The number of hydrogen-bond donors (Lipinski definition) is 1. The van der Waals surface area contributed by atoms with Gasteiger partial charge in [0.1, 0.15) is 6.54 Å². The molecule has 1 amide bonds. The van der Waals surface area contributed by atoms with Gasteiger partial charge in [-0.25, -0.2) is 0 Å². The molecule has 0 bridgehead atoms. The lowest BCUT2D eigenvalue weighted by Crippen LogP contribution is -2.31. The van der Waals surface area contributed by atoms with E-state index in [1.165, 1.54) is 12.1 Å². The first kappa shape index (κ1) is 16.3. The van der Waals surface area contributed by atoms with Crippen LogP contribution in [0.5, 0.6) is 0 Å². The fraction of sp³-hybridized carbons (Fsp3) is 0.333. The van der Waals surface area contributed by atoms with Gasteiger partial charge in [0.25, 0.3) is 11.6 Å².